The van der Waals surface area contributed by atoms with E-state index < -0.39 is 82.7 Å². The van der Waals surface area contributed by atoms with Gasteiger partial charge in [-0.15, -0.1) is 0 Å². The first-order valence-electron chi connectivity index (χ1n) is 41.3. The molecule has 4 saturated heterocycles. The van der Waals surface area contributed by atoms with Gasteiger partial charge < -0.3 is 42.1 Å². The van der Waals surface area contributed by atoms with E-state index in [-0.39, 0.29) is 108 Å². The summed E-state index contributed by atoms with van der Waals surface area (Å²) in [7, 11) is -10.2. The number of pyridine rings is 1. The van der Waals surface area contributed by atoms with Crippen molar-refractivity contribution in [1.29, 1.82) is 0 Å². The molecular weight excluding hydrogens is 1880 g/mol. The van der Waals surface area contributed by atoms with Gasteiger partial charge in [0.25, 0.3) is 5.91 Å². The highest BCUT2D eigenvalue weighted by Crippen LogP contribution is 2.34. The van der Waals surface area contributed by atoms with E-state index >= 15 is 0 Å². The lowest BCUT2D eigenvalue weighted by Crippen LogP contribution is -2.44. The molecule has 692 valence electrons. The molecule has 5 aliphatic heterocycles. The summed E-state index contributed by atoms with van der Waals surface area (Å²) in [5.41, 5.74) is 5.70. The first kappa shape index (κ1) is 102. The summed E-state index contributed by atoms with van der Waals surface area (Å²) in [4.78, 5) is 80.0. The molecule has 15 rings (SSSR count). The van der Waals surface area contributed by atoms with Gasteiger partial charge in [-0.1, -0.05) is 124 Å². The smallest absolute Gasteiger partial charge is 0.257 e. The Morgan fingerprint density at radius 3 is 1.20 bits per heavy atom. The molecule has 6 heterocycles. The van der Waals surface area contributed by atoms with E-state index in [4.69, 9.17) is 69.6 Å². The largest absolute Gasteiger partial charge is 0.371 e. The van der Waals surface area contributed by atoms with E-state index in [1.54, 1.807) is 43.3 Å². The SMILES string of the molecule is CCN1CC(C(=O)Nc2ccc(Cl)c(F)c2)Cc2ccccc21.CCS(=O)(=O)N1CCCC(C(=O)Nc2ccc(Cl)c(F)c2)C1.CS(=O)(=O)N1CCCC(C(=O)Nc2ccc(Cl)c(F)c2)C1.O=C(Nc1ccc(Cl)c(F)c1)C1CCCN(S(=O)(=O)c2ccccc2)C1.O=C(Nc1ccc(Cl)c(F)c1)C1CCCNC1.O=C(Nc1ccc(Cl)c(F)c1)c1cnc2ccccc2c1. The van der Waals surface area contributed by atoms with E-state index in [0.29, 0.717) is 117 Å². The Morgan fingerprint density at radius 1 is 0.415 bits per heavy atom. The van der Waals surface area contributed by atoms with Crippen molar-refractivity contribution >= 4 is 186 Å². The molecule has 0 radical (unpaired) electrons. The van der Waals surface area contributed by atoms with E-state index in [9.17, 15) is 80.4 Å². The molecule has 9 aromatic carbocycles. The summed E-state index contributed by atoms with van der Waals surface area (Å²) in [6.07, 6.45) is 8.79. The maximum Gasteiger partial charge on any atom is 0.257 e. The van der Waals surface area contributed by atoms with E-state index in [1.165, 1.54) is 121 Å². The quantitative estimate of drug-likeness (QED) is 0.0393. The second kappa shape index (κ2) is 47.9. The van der Waals surface area contributed by atoms with Crippen LogP contribution in [0.5, 0.6) is 0 Å². The topological polar surface area (TPSA) is 315 Å². The van der Waals surface area contributed by atoms with Crippen LogP contribution in [0.25, 0.3) is 10.9 Å². The van der Waals surface area contributed by atoms with Crippen molar-refractivity contribution in [2.24, 2.45) is 29.6 Å². The van der Waals surface area contributed by atoms with Crippen molar-refractivity contribution in [3.8, 4) is 0 Å². The fraction of sp³-hybridized carbons (Fsp3) is 0.308. The van der Waals surface area contributed by atoms with Crippen LogP contribution in [0.4, 0.5) is 66.2 Å². The number of para-hydroxylation sites is 2. The number of fused-ring (bicyclic) bond motifs is 2. The fourth-order valence-electron chi connectivity index (χ4n) is 14.5. The van der Waals surface area contributed by atoms with Crippen LogP contribution >= 0.6 is 69.6 Å². The molecule has 4 fully saturated rings. The highest BCUT2D eigenvalue weighted by Gasteiger charge is 2.36. The van der Waals surface area contributed by atoms with Crippen LogP contribution in [-0.2, 0) is 60.5 Å². The monoisotopic (exact) mass is 1970 g/mol. The van der Waals surface area contributed by atoms with Crippen LogP contribution in [0, 0.1) is 64.5 Å². The second-order valence-corrected chi connectivity index (χ2v) is 39.4. The van der Waals surface area contributed by atoms with Crippen LogP contribution < -0.4 is 42.1 Å². The zero-order chi connectivity index (χ0) is 94.2. The lowest BCUT2D eigenvalue weighted by atomic mass is 9.91. The van der Waals surface area contributed by atoms with Crippen molar-refractivity contribution < 1.29 is 80.4 Å². The Bertz CT molecular complexity index is 6070. The number of sulfonamides is 3. The number of carbonyl (C=O) groups is 6. The molecule has 0 bridgehead atoms. The first-order valence-corrected chi connectivity index (χ1v) is 48.5. The third kappa shape index (κ3) is 29.5. The first-order chi connectivity index (χ1) is 61.9. The zero-order valence-electron chi connectivity index (χ0n) is 70.5. The maximum atomic E-state index is 13.5. The maximum absolute atomic E-state index is 13.5. The van der Waals surface area contributed by atoms with Crippen LogP contribution in [-0.4, -0.2) is 156 Å². The molecule has 5 unspecified atom stereocenters. The summed E-state index contributed by atoms with van der Waals surface area (Å²) in [6.45, 7) is 8.45. The molecule has 24 nitrogen and oxygen atoms in total. The zero-order valence-corrected chi connectivity index (χ0v) is 77.5. The summed E-state index contributed by atoms with van der Waals surface area (Å²) in [5.74, 6) is -6.52. The molecule has 5 aliphatic rings. The predicted octanol–water partition coefficient (Wildman–Crippen LogP) is 18.9. The number of benzene rings is 9. The minimum atomic E-state index is -3.64. The van der Waals surface area contributed by atoms with Gasteiger partial charge >= 0.3 is 0 Å². The van der Waals surface area contributed by atoms with E-state index in [2.05, 4.69) is 66.2 Å². The number of halogens is 12. The summed E-state index contributed by atoms with van der Waals surface area (Å²) < 4.78 is 156. The summed E-state index contributed by atoms with van der Waals surface area (Å²) in [5, 5.41) is 20.0. The van der Waals surface area contributed by atoms with Crippen molar-refractivity contribution in [2.45, 2.75) is 76.5 Å². The van der Waals surface area contributed by atoms with Gasteiger partial charge in [-0.25, -0.2) is 60.2 Å². The van der Waals surface area contributed by atoms with Crippen LogP contribution in [0.2, 0.25) is 30.1 Å². The molecule has 0 saturated carbocycles. The molecule has 0 aliphatic carbocycles. The normalized spacial score (nSPS) is 17.6. The van der Waals surface area contributed by atoms with Crippen LogP contribution in [0.3, 0.4) is 0 Å². The third-order valence-electron chi connectivity index (χ3n) is 21.5. The lowest BCUT2D eigenvalue weighted by molar-refractivity contribution is -0.121. The molecule has 130 heavy (non-hydrogen) atoms. The Morgan fingerprint density at radius 2 is 0.785 bits per heavy atom. The van der Waals surface area contributed by atoms with Crippen molar-refractivity contribution in [1.82, 2.24) is 23.2 Å². The number of carbonyl (C=O) groups excluding carboxylic acids is 6. The Kier molecular flexibility index (Phi) is 37.6. The standard InChI is InChI=1S/C18H18ClFN2O3S.C18H18ClFN2O.C16H10ClFN2O.C14H18ClFN2O3S.C13H16ClFN2O3S.C12H14ClFN2O/c19-16-9-8-14(11-17(16)20)21-18(23)13-5-4-10-22(12-13)26(24,25)15-6-2-1-3-7-15;1-2-22-11-13(9-12-5-3-4-6-17(12)22)18(23)21-14-7-8-15(19)16(20)10-14;17-13-6-5-12(8-14(13)18)20-16(21)11-7-10-3-1-2-4-15(10)19-9-11;1-2-22(20,21)18-7-3-4-10(9-18)14(19)17-11-5-6-12(15)13(16)8-11;1-21(19,20)17-6-2-3-9(8-17)13(18)16-10-4-5-11(14)12(15)7-10;13-10-4-3-9(6-11(10)14)16-12(17)8-2-1-5-15-7-8/h1-3,6-9,11,13H,4-5,10,12H2,(H,21,23);3-8,10,13H,2,9,11H2,1H3,(H,21,23);1-9H,(H,20,21);5-6,8,10H,2-4,7,9H2,1H3,(H,17,19);4-5,7,9H,2-3,6,8H2,1H3,(H,16,18);3-4,6,8,15H,1-2,5,7H2,(H,16,17). The Labute approximate surface area is 780 Å². The van der Waals surface area contributed by atoms with Gasteiger partial charge in [-0.05, 0) is 223 Å². The van der Waals surface area contributed by atoms with Gasteiger partial charge in [0.1, 0.15) is 34.9 Å². The molecule has 0 spiro atoms. The van der Waals surface area contributed by atoms with E-state index in [0.717, 1.165) is 61.3 Å². The number of hydrogen-bond donors (Lipinski definition) is 7. The van der Waals surface area contributed by atoms with Crippen LogP contribution in [0.15, 0.2) is 205 Å². The van der Waals surface area contributed by atoms with E-state index in [1.807, 2.05) is 36.4 Å². The summed E-state index contributed by atoms with van der Waals surface area (Å²) >= 11 is 33.6. The van der Waals surface area contributed by atoms with Crippen molar-refractivity contribution in [3.05, 3.63) is 276 Å². The number of rotatable bonds is 18. The predicted molar refractivity (Wildman–Crippen MR) is 499 cm³/mol. The lowest BCUT2D eigenvalue weighted by Gasteiger charge is -2.34. The minimum Gasteiger partial charge on any atom is -0.371 e. The number of aromatic nitrogens is 1. The molecule has 5 atom stereocenters. The Hall–Kier alpha value is -9.98. The highest BCUT2D eigenvalue weighted by molar-refractivity contribution is 7.89. The van der Waals surface area contributed by atoms with Gasteiger partial charge in [0.2, 0.25) is 59.6 Å². The molecule has 7 N–H and O–H groups in total. The van der Waals surface area contributed by atoms with Crippen molar-refractivity contribution in [2.75, 3.05) is 114 Å². The average molecular weight is 1970 g/mol. The molecule has 6 amide bonds. The molecule has 39 heteroatoms. The molecule has 1 aromatic heterocycles. The highest BCUT2D eigenvalue weighted by atomic mass is 35.5. The average Bonchev–Trinajstić information content (AvgIpc) is 0.799. The molecule has 10 aromatic rings. The number of nitrogens with zero attached hydrogens (tertiary/aromatic N) is 5. The van der Waals surface area contributed by atoms with Gasteiger partial charge in [-0.3, -0.25) is 33.8 Å². The van der Waals surface area contributed by atoms with Gasteiger partial charge in [0.15, 0.2) is 0 Å². The van der Waals surface area contributed by atoms with Gasteiger partial charge in [0, 0.05) is 110 Å². The number of hydrogen-bond acceptors (Lipinski definition) is 15. The Balaban J connectivity index is 0.000000163. The molecular formula is C91H94Cl6F6N12O12S3. The summed E-state index contributed by atoms with van der Waals surface area (Å²) in [6, 6.07) is 50.2. The number of anilines is 7. The number of nitrogens with one attached hydrogen (secondary N) is 7. The van der Waals surface area contributed by atoms with Crippen LogP contribution in [0.1, 0.15) is 81.1 Å². The van der Waals surface area contributed by atoms with Crippen molar-refractivity contribution in [3.63, 3.8) is 0 Å². The minimum absolute atomic E-state index is 0.0142. The number of piperidine rings is 4. The third-order valence-corrected chi connectivity index (χ3v) is 28.3. The number of amides is 6. The second-order valence-electron chi connectivity index (χ2n) is 30.8. The fourth-order valence-corrected chi connectivity index (χ4v) is 18.8. The van der Waals surface area contributed by atoms with Gasteiger partial charge in [-0.2, -0.15) is 4.31 Å². The van der Waals surface area contributed by atoms with Gasteiger partial charge in [0.05, 0.1) is 87.7 Å².